The van der Waals surface area contributed by atoms with Crippen molar-refractivity contribution in [1.82, 2.24) is 9.88 Å². The fraction of sp³-hybridized carbons (Fsp3) is 0.333. The molecule has 7 heteroatoms. The minimum absolute atomic E-state index is 0.00635. The molecule has 1 amide bonds. The molecule has 7 nitrogen and oxygen atoms in total. The standard InChI is InChI=1S/C18H20N2O5/c21-9-10-23-16-11-20(12-16)18(22)13-24-14-4-6-15(7-5-14)25-17-3-1-2-8-19-17/h1-8,16,21H,9-13H2. The first-order valence-electron chi connectivity index (χ1n) is 8.06. The van der Waals surface area contributed by atoms with Crippen molar-refractivity contribution in [2.24, 2.45) is 0 Å². The normalized spacial score (nSPS) is 14.0. The second-order valence-electron chi connectivity index (χ2n) is 5.55. The maximum absolute atomic E-state index is 12.0. The van der Waals surface area contributed by atoms with Crippen LogP contribution in [-0.4, -0.2) is 59.9 Å². The van der Waals surface area contributed by atoms with Gasteiger partial charge in [0.05, 0.1) is 19.3 Å². The van der Waals surface area contributed by atoms with E-state index in [9.17, 15) is 4.79 Å². The molecule has 1 aromatic heterocycles. The van der Waals surface area contributed by atoms with Crippen LogP contribution < -0.4 is 9.47 Å². The first-order valence-corrected chi connectivity index (χ1v) is 8.06. The highest BCUT2D eigenvalue weighted by Crippen LogP contribution is 2.22. The molecule has 1 aliphatic rings. The summed E-state index contributed by atoms with van der Waals surface area (Å²) in [5.41, 5.74) is 0. The van der Waals surface area contributed by atoms with Crippen LogP contribution in [0.2, 0.25) is 0 Å². The van der Waals surface area contributed by atoms with E-state index in [-0.39, 0.29) is 25.2 Å². The highest BCUT2D eigenvalue weighted by atomic mass is 16.5. The molecule has 0 bridgehead atoms. The SMILES string of the molecule is O=C(COc1ccc(Oc2ccccn2)cc1)N1CC(OCCO)C1. The van der Waals surface area contributed by atoms with Crippen molar-refractivity contribution >= 4 is 5.91 Å². The van der Waals surface area contributed by atoms with E-state index in [1.807, 2.05) is 12.1 Å². The van der Waals surface area contributed by atoms with Gasteiger partial charge in [-0.1, -0.05) is 6.07 Å². The molecule has 0 radical (unpaired) electrons. The van der Waals surface area contributed by atoms with Gasteiger partial charge >= 0.3 is 0 Å². The van der Waals surface area contributed by atoms with Gasteiger partial charge in [-0.05, 0) is 30.3 Å². The molecule has 0 unspecified atom stereocenters. The summed E-state index contributed by atoms with van der Waals surface area (Å²) in [6.07, 6.45) is 1.67. The summed E-state index contributed by atoms with van der Waals surface area (Å²) in [5.74, 6) is 1.67. The Bertz CT molecular complexity index is 672. The Morgan fingerprint density at radius 2 is 1.92 bits per heavy atom. The molecular weight excluding hydrogens is 324 g/mol. The van der Waals surface area contributed by atoms with E-state index in [0.29, 0.717) is 37.1 Å². The number of carbonyl (C=O) groups excluding carboxylic acids is 1. The van der Waals surface area contributed by atoms with Gasteiger partial charge in [0.25, 0.3) is 5.91 Å². The third-order valence-electron chi connectivity index (χ3n) is 3.69. The van der Waals surface area contributed by atoms with E-state index in [1.54, 1.807) is 41.4 Å². The summed E-state index contributed by atoms with van der Waals surface area (Å²) in [6, 6.07) is 12.5. The Kier molecular flexibility index (Phi) is 5.81. The van der Waals surface area contributed by atoms with Crippen LogP contribution in [0.1, 0.15) is 0 Å². The first kappa shape index (κ1) is 17.2. The number of amides is 1. The number of rotatable bonds is 8. The fourth-order valence-corrected chi connectivity index (χ4v) is 2.34. The maximum Gasteiger partial charge on any atom is 0.260 e. The number of nitrogens with zero attached hydrogens (tertiary/aromatic N) is 2. The van der Waals surface area contributed by atoms with Crippen LogP contribution in [0.5, 0.6) is 17.4 Å². The summed E-state index contributed by atoms with van der Waals surface area (Å²) in [7, 11) is 0. The molecule has 1 fully saturated rings. The molecule has 3 rings (SSSR count). The summed E-state index contributed by atoms with van der Waals surface area (Å²) in [4.78, 5) is 17.7. The van der Waals surface area contributed by atoms with Crippen LogP contribution in [-0.2, 0) is 9.53 Å². The van der Waals surface area contributed by atoms with E-state index >= 15 is 0 Å². The van der Waals surface area contributed by atoms with Crippen molar-refractivity contribution in [3.05, 3.63) is 48.7 Å². The smallest absolute Gasteiger partial charge is 0.260 e. The molecule has 1 N–H and O–H groups in total. The fourth-order valence-electron chi connectivity index (χ4n) is 2.34. The number of hydrogen-bond donors (Lipinski definition) is 1. The monoisotopic (exact) mass is 344 g/mol. The highest BCUT2D eigenvalue weighted by Gasteiger charge is 2.31. The van der Waals surface area contributed by atoms with Crippen molar-refractivity contribution in [3.63, 3.8) is 0 Å². The molecule has 0 atom stereocenters. The van der Waals surface area contributed by atoms with Gasteiger partial charge in [0, 0.05) is 25.4 Å². The summed E-state index contributed by atoms with van der Waals surface area (Å²) in [5, 5.41) is 8.68. The number of aliphatic hydroxyl groups excluding tert-OH is 1. The first-order chi connectivity index (χ1) is 12.2. The average molecular weight is 344 g/mol. The van der Waals surface area contributed by atoms with Gasteiger partial charge in [-0.25, -0.2) is 4.98 Å². The number of pyridine rings is 1. The zero-order chi connectivity index (χ0) is 17.5. The van der Waals surface area contributed by atoms with E-state index in [4.69, 9.17) is 19.3 Å². The lowest BCUT2D eigenvalue weighted by atomic mass is 10.1. The number of benzene rings is 1. The molecule has 2 heterocycles. The Morgan fingerprint density at radius 1 is 1.16 bits per heavy atom. The number of aromatic nitrogens is 1. The van der Waals surface area contributed by atoms with Crippen molar-refractivity contribution < 1.29 is 24.1 Å². The quantitative estimate of drug-likeness (QED) is 0.781. The van der Waals surface area contributed by atoms with Crippen LogP contribution in [0.25, 0.3) is 0 Å². The van der Waals surface area contributed by atoms with Crippen LogP contribution in [0.15, 0.2) is 48.7 Å². The average Bonchev–Trinajstić information content (AvgIpc) is 2.61. The largest absolute Gasteiger partial charge is 0.484 e. The van der Waals surface area contributed by atoms with Gasteiger partial charge < -0.3 is 24.2 Å². The van der Waals surface area contributed by atoms with E-state index in [1.165, 1.54) is 0 Å². The summed E-state index contributed by atoms with van der Waals surface area (Å²) < 4.78 is 16.4. The molecule has 1 saturated heterocycles. The third-order valence-corrected chi connectivity index (χ3v) is 3.69. The Labute approximate surface area is 145 Å². The number of aliphatic hydroxyl groups is 1. The Hall–Kier alpha value is -2.64. The molecular formula is C18H20N2O5. The second kappa shape index (κ2) is 8.46. The number of ether oxygens (including phenoxy) is 3. The lowest BCUT2D eigenvalue weighted by Gasteiger charge is -2.38. The lowest BCUT2D eigenvalue weighted by Crippen LogP contribution is -2.56. The highest BCUT2D eigenvalue weighted by molar-refractivity contribution is 5.78. The van der Waals surface area contributed by atoms with Gasteiger partial charge in [-0.2, -0.15) is 0 Å². The summed E-state index contributed by atoms with van der Waals surface area (Å²) >= 11 is 0. The van der Waals surface area contributed by atoms with Crippen molar-refractivity contribution in [2.45, 2.75) is 6.10 Å². The van der Waals surface area contributed by atoms with Crippen LogP contribution in [0, 0.1) is 0 Å². The van der Waals surface area contributed by atoms with Gasteiger partial charge in [-0.3, -0.25) is 4.79 Å². The predicted octanol–water partition coefficient (Wildman–Crippen LogP) is 1.47. The molecule has 132 valence electrons. The molecule has 0 aliphatic carbocycles. The molecule has 0 saturated carbocycles. The number of carbonyl (C=O) groups is 1. The van der Waals surface area contributed by atoms with Crippen LogP contribution >= 0.6 is 0 Å². The Balaban J connectivity index is 1.41. The Morgan fingerprint density at radius 3 is 2.60 bits per heavy atom. The molecule has 25 heavy (non-hydrogen) atoms. The molecule has 2 aromatic rings. The molecule has 1 aliphatic heterocycles. The topological polar surface area (TPSA) is 81.1 Å². The van der Waals surface area contributed by atoms with E-state index in [0.717, 1.165) is 0 Å². The molecule has 0 spiro atoms. The number of likely N-dealkylation sites (tertiary alicyclic amines) is 1. The van der Waals surface area contributed by atoms with Crippen molar-refractivity contribution in [2.75, 3.05) is 32.9 Å². The van der Waals surface area contributed by atoms with Gasteiger partial charge in [0.2, 0.25) is 5.88 Å². The zero-order valence-corrected chi connectivity index (χ0v) is 13.7. The predicted molar refractivity (Wildman–Crippen MR) is 89.7 cm³/mol. The van der Waals surface area contributed by atoms with E-state index < -0.39 is 0 Å². The van der Waals surface area contributed by atoms with Crippen molar-refractivity contribution in [1.29, 1.82) is 0 Å². The van der Waals surface area contributed by atoms with Crippen molar-refractivity contribution in [3.8, 4) is 17.4 Å². The summed E-state index contributed by atoms with van der Waals surface area (Å²) in [6.45, 7) is 1.36. The van der Waals surface area contributed by atoms with Crippen LogP contribution in [0.4, 0.5) is 0 Å². The second-order valence-corrected chi connectivity index (χ2v) is 5.55. The third kappa shape index (κ3) is 4.91. The zero-order valence-electron chi connectivity index (χ0n) is 13.7. The number of hydrogen-bond acceptors (Lipinski definition) is 6. The minimum atomic E-state index is -0.0855. The van der Waals surface area contributed by atoms with Gasteiger partial charge in [-0.15, -0.1) is 0 Å². The van der Waals surface area contributed by atoms with Crippen LogP contribution in [0.3, 0.4) is 0 Å². The molecule has 1 aromatic carbocycles. The minimum Gasteiger partial charge on any atom is -0.484 e. The van der Waals surface area contributed by atoms with E-state index in [2.05, 4.69) is 4.98 Å². The maximum atomic E-state index is 12.0. The van der Waals surface area contributed by atoms with Gasteiger partial charge in [0.1, 0.15) is 11.5 Å². The van der Waals surface area contributed by atoms with Gasteiger partial charge in [0.15, 0.2) is 6.61 Å². The lowest BCUT2D eigenvalue weighted by molar-refractivity contribution is -0.147.